The van der Waals surface area contributed by atoms with E-state index in [0.717, 1.165) is 61.8 Å². The maximum Gasteiger partial charge on any atom is 0.309 e. The van der Waals surface area contributed by atoms with Crippen molar-refractivity contribution in [3.05, 3.63) is 35.2 Å². The summed E-state index contributed by atoms with van der Waals surface area (Å²) >= 11 is 0. The van der Waals surface area contributed by atoms with Gasteiger partial charge >= 0.3 is 11.9 Å². The van der Waals surface area contributed by atoms with Crippen molar-refractivity contribution in [3.8, 4) is 0 Å². The van der Waals surface area contributed by atoms with Crippen LogP contribution in [-0.2, 0) is 28.7 Å². The first-order chi connectivity index (χ1) is 26.9. The minimum Gasteiger partial charge on any atom is -0.481 e. The fraction of sp³-hybridized carbons (Fsp3) is 0.750. The highest BCUT2D eigenvalue weighted by Gasteiger charge is 2.68. The Labute approximate surface area is 345 Å². The fourth-order valence-corrected chi connectivity index (χ4v) is 14.3. The Hall–Kier alpha value is -3.56. The molecule has 7 rings (SSSR count). The molecule has 1 aromatic heterocycles. The fourth-order valence-electron chi connectivity index (χ4n) is 14.3. The minimum atomic E-state index is -0.903. The number of carbonyl (C=O) groups is 5. The Kier molecular flexibility index (Phi) is 10.5. The lowest BCUT2D eigenvalue weighted by molar-refractivity contribution is -0.219. The Morgan fingerprint density at radius 3 is 2.21 bits per heavy atom. The molecule has 0 aromatic carbocycles. The molecule has 0 saturated heterocycles. The number of Topliss-reactive ketones (excluding diaryl/α,β-unsaturated/α-hetero) is 1. The molecule has 2 amide bonds. The number of fused-ring (bicyclic) bond motifs is 7. The number of rotatable bonds is 9. The average molecular weight is 800 g/mol. The Morgan fingerprint density at radius 1 is 0.897 bits per heavy atom. The molecule has 0 bridgehead atoms. The van der Waals surface area contributed by atoms with Crippen molar-refractivity contribution in [2.45, 2.75) is 158 Å². The van der Waals surface area contributed by atoms with Gasteiger partial charge in [0, 0.05) is 29.5 Å². The molecule has 58 heavy (non-hydrogen) atoms. The van der Waals surface area contributed by atoms with Crippen molar-refractivity contribution in [1.82, 2.24) is 10.3 Å². The van der Waals surface area contributed by atoms with Gasteiger partial charge in [-0.2, -0.15) is 0 Å². The van der Waals surface area contributed by atoms with Crippen LogP contribution in [0.25, 0.3) is 0 Å². The third kappa shape index (κ3) is 6.65. The van der Waals surface area contributed by atoms with E-state index in [0.29, 0.717) is 36.3 Å². The van der Waals surface area contributed by atoms with Gasteiger partial charge < -0.3 is 20.5 Å². The summed E-state index contributed by atoms with van der Waals surface area (Å²) in [5, 5.41) is 15.9. The lowest BCUT2D eigenvalue weighted by Gasteiger charge is -2.68. The highest BCUT2D eigenvalue weighted by Crippen LogP contribution is 2.73. The second-order valence-electron chi connectivity index (χ2n) is 22.2. The maximum atomic E-state index is 14.8. The zero-order chi connectivity index (χ0) is 42.5. The minimum absolute atomic E-state index is 0.0101. The third-order valence-electron chi connectivity index (χ3n) is 17.3. The topological polar surface area (TPSA) is 152 Å². The highest BCUT2D eigenvalue weighted by atomic mass is 16.5. The number of aromatic nitrogens is 1. The predicted octanol–water partition coefficient (Wildman–Crippen LogP) is 8.86. The number of anilines is 1. The summed E-state index contributed by atoms with van der Waals surface area (Å²) in [4.78, 5) is 71.7. The number of nitrogens with zero attached hydrogens (tertiary/aromatic N) is 1. The van der Waals surface area contributed by atoms with E-state index in [1.54, 1.807) is 6.20 Å². The second kappa shape index (κ2) is 14.3. The monoisotopic (exact) mass is 800 g/mol. The number of allylic oxidation sites excluding steroid dienone is 1. The van der Waals surface area contributed by atoms with Gasteiger partial charge in [0.15, 0.2) is 5.78 Å². The van der Waals surface area contributed by atoms with Crippen LogP contribution in [0.3, 0.4) is 0 Å². The quantitative estimate of drug-likeness (QED) is 0.210. The third-order valence-corrected chi connectivity index (χ3v) is 17.3. The summed E-state index contributed by atoms with van der Waals surface area (Å²) < 4.78 is 6.39. The number of aliphatic carboxylic acids is 1. The SMILES string of the molecule is Cc1ccc(NC(=O)CC(C)(C)NC(=O)[C@@]23CCC4C(CCC5[C@@]4(C)CCC4C(C)(C)[C@@H](OC(=O)[C@H]6C[C@@H](C(=O)O)C6(C)C)CC[C@@]45C)C2=C(C(C)C)C(=O)C3)cn1. The molecule has 0 spiro atoms. The van der Waals surface area contributed by atoms with Gasteiger partial charge in [-0.3, -0.25) is 29.0 Å². The molecule has 5 fully saturated rings. The number of pyridine rings is 1. The first kappa shape index (κ1) is 42.6. The van der Waals surface area contributed by atoms with Crippen LogP contribution in [-0.4, -0.2) is 51.3 Å². The molecule has 0 aliphatic heterocycles. The molecule has 5 saturated carbocycles. The van der Waals surface area contributed by atoms with Crippen LogP contribution in [0.5, 0.6) is 0 Å². The normalized spacial score (nSPS) is 37.4. The van der Waals surface area contributed by atoms with Gasteiger partial charge in [-0.1, -0.05) is 55.4 Å². The van der Waals surface area contributed by atoms with E-state index >= 15 is 0 Å². The van der Waals surface area contributed by atoms with Crippen molar-refractivity contribution in [3.63, 3.8) is 0 Å². The van der Waals surface area contributed by atoms with E-state index in [1.807, 2.05) is 46.8 Å². The number of hydrogen-bond donors (Lipinski definition) is 3. The number of nitrogens with one attached hydrogen (secondary N) is 2. The van der Waals surface area contributed by atoms with Crippen LogP contribution in [0.2, 0.25) is 0 Å². The van der Waals surface area contributed by atoms with E-state index < -0.39 is 34.2 Å². The lowest BCUT2D eigenvalue weighted by Crippen LogP contribution is -2.64. The number of ether oxygens (including phenoxy) is 1. The molecular formula is C48H69N3O7. The molecule has 1 heterocycles. The largest absolute Gasteiger partial charge is 0.481 e. The van der Waals surface area contributed by atoms with E-state index in [4.69, 9.17) is 4.74 Å². The van der Waals surface area contributed by atoms with E-state index in [-0.39, 0.29) is 70.6 Å². The first-order valence-corrected chi connectivity index (χ1v) is 22.1. The summed E-state index contributed by atoms with van der Waals surface area (Å²) in [7, 11) is 0. The molecule has 318 valence electrons. The van der Waals surface area contributed by atoms with Gasteiger partial charge in [-0.25, -0.2) is 0 Å². The first-order valence-electron chi connectivity index (χ1n) is 22.1. The van der Waals surface area contributed by atoms with Crippen molar-refractivity contribution in [1.29, 1.82) is 0 Å². The zero-order valence-corrected chi connectivity index (χ0v) is 37.0. The number of hydrogen-bond acceptors (Lipinski definition) is 7. The molecule has 10 heteroatoms. The van der Waals surface area contributed by atoms with Crippen molar-refractivity contribution in [2.24, 2.45) is 68.5 Å². The van der Waals surface area contributed by atoms with Crippen LogP contribution >= 0.6 is 0 Å². The van der Waals surface area contributed by atoms with Crippen LogP contribution in [0, 0.1) is 75.4 Å². The molecule has 3 N–H and O–H groups in total. The lowest BCUT2D eigenvalue weighted by atomic mass is 9.36. The van der Waals surface area contributed by atoms with Gasteiger partial charge in [-0.15, -0.1) is 0 Å². The number of amides is 2. The molecule has 1 aromatic rings. The molecule has 6 aliphatic carbocycles. The predicted molar refractivity (Wildman–Crippen MR) is 222 cm³/mol. The summed E-state index contributed by atoms with van der Waals surface area (Å²) in [6.45, 7) is 23.2. The van der Waals surface area contributed by atoms with Crippen LogP contribution in [0.1, 0.15) is 146 Å². The molecule has 10 atom stereocenters. The number of carboxylic acid groups (broad SMARTS) is 1. The average Bonchev–Trinajstić information content (AvgIpc) is 3.43. The summed E-state index contributed by atoms with van der Waals surface area (Å²) in [6, 6.07) is 3.67. The van der Waals surface area contributed by atoms with Crippen LogP contribution in [0.4, 0.5) is 5.69 Å². The summed E-state index contributed by atoms with van der Waals surface area (Å²) in [6.07, 6.45) is 9.35. The maximum absolute atomic E-state index is 14.8. The van der Waals surface area contributed by atoms with E-state index in [2.05, 4.69) is 57.2 Å². The number of carbonyl (C=O) groups excluding carboxylic acids is 4. The number of carboxylic acids is 1. The number of ketones is 1. The Morgan fingerprint density at radius 2 is 1.59 bits per heavy atom. The van der Waals surface area contributed by atoms with Gasteiger partial charge in [0.05, 0.1) is 29.1 Å². The molecular weight excluding hydrogens is 731 g/mol. The van der Waals surface area contributed by atoms with E-state index in [1.165, 1.54) is 0 Å². The van der Waals surface area contributed by atoms with Crippen molar-refractivity contribution < 1.29 is 33.8 Å². The van der Waals surface area contributed by atoms with Gasteiger partial charge in [0.2, 0.25) is 11.8 Å². The standard InChI is InChI=1S/C48H69N3O7/c1-26(2)38-33(52)23-48(42(57)51-43(4,5)24-37(53)50-28-13-12-27(3)49-25-28)21-16-30-29(39(38)48)14-15-35-46(30,10)19-17-34-45(8,9)36(18-20-47(34,35)11)58-41(56)32-22-31(40(54)55)44(32,6)7/h12-13,25-26,29-32,34-36H,14-24H2,1-11H3,(H,50,53)(H,51,57)(H,54,55)/t29?,30?,31-,32+,34?,35?,36-,46-,47-,48+/m0/s1. The Bertz CT molecular complexity index is 1910. The second-order valence-corrected chi connectivity index (χ2v) is 22.2. The smallest absolute Gasteiger partial charge is 0.309 e. The molecule has 4 unspecified atom stereocenters. The molecule has 0 radical (unpaired) electrons. The zero-order valence-electron chi connectivity index (χ0n) is 37.0. The van der Waals surface area contributed by atoms with Gasteiger partial charge in [0.25, 0.3) is 0 Å². The highest BCUT2D eigenvalue weighted by molar-refractivity contribution is 6.07. The summed E-state index contributed by atoms with van der Waals surface area (Å²) in [5.41, 5.74) is 0.891. The van der Waals surface area contributed by atoms with Crippen molar-refractivity contribution >= 4 is 35.2 Å². The summed E-state index contributed by atoms with van der Waals surface area (Å²) in [5.74, 6) is -0.919. The Balaban J connectivity index is 1.10. The van der Waals surface area contributed by atoms with Crippen LogP contribution in [0.15, 0.2) is 29.5 Å². The number of aryl methyl sites for hydroxylation is 1. The molecule has 6 aliphatic rings. The van der Waals surface area contributed by atoms with Crippen molar-refractivity contribution in [2.75, 3.05) is 5.32 Å². The van der Waals surface area contributed by atoms with Gasteiger partial charge in [0.1, 0.15) is 6.10 Å². The van der Waals surface area contributed by atoms with E-state index in [9.17, 15) is 29.1 Å². The van der Waals surface area contributed by atoms with Crippen LogP contribution < -0.4 is 10.6 Å². The van der Waals surface area contributed by atoms with Gasteiger partial charge in [-0.05, 0) is 148 Å². The molecule has 10 nitrogen and oxygen atoms in total. The number of esters is 1.